The van der Waals surface area contributed by atoms with E-state index in [-0.39, 0.29) is 12.5 Å². The van der Waals surface area contributed by atoms with Gasteiger partial charge >= 0.3 is 0 Å². The first-order valence-electron chi connectivity index (χ1n) is 8.96. The van der Waals surface area contributed by atoms with Gasteiger partial charge in [-0.25, -0.2) is 0 Å². The van der Waals surface area contributed by atoms with Crippen LogP contribution in [-0.4, -0.2) is 35.1 Å². The summed E-state index contributed by atoms with van der Waals surface area (Å²) >= 11 is 1.18. The Kier molecular flexibility index (Phi) is 5.57. The molecule has 150 valence electrons. The van der Waals surface area contributed by atoms with Crippen molar-refractivity contribution in [2.45, 2.75) is 23.5 Å². The zero-order valence-electron chi connectivity index (χ0n) is 15.8. The van der Waals surface area contributed by atoms with Crippen molar-refractivity contribution in [1.29, 1.82) is 0 Å². The normalized spacial score (nSPS) is 16.1. The number of hydrogen-bond donors (Lipinski definition) is 1. The molecule has 1 amide bonds. The predicted octanol–water partition coefficient (Wildman–Crippen LogP) is 3.71. The van der Waals surface area contributed by atoms with Crippen LogP contribution in [0.1, 0.15) is 18.9 Å². The highest BCUT2D eigenvalue weighted by molar-refractivity contribution is 8.00. The molecule has 0 fully saturated rings. The molecule has 0 radical (unpaired) electrons. The predicted molar refractivity (Wildman–Crippen MR) is 107 cm³/mol. The average Bonchev–Trinajstić information content (AvgIpc) is 3.22. The number of rotatable bonds is 6. The first-order valence-corrected chi connectivity index (χ1v) is 9.84. The smallest absolute Gasteiger partial charge is 0.277 e. The van der Waals surface area contributed by atoms with E-state index in [1.54, 1.807) is 38.3 Å². The summed E-state index contributed by atoms with van der Waals surface area (Å²) in [5, 5.41) is 10.8. The molecule has 1 aliphatic rings. The number of nitrogens with zero attached hydrogens (tertiary/aromatic N) is 2. The Morgan fingerprint density at radius 2 is 1.93 bits per heavy atom. The Morgan fingerprint density at radius 3 is 2.69 bits per heavy atom. The number of ether oxygens (including phenoxy) is 3. The van der Waals surface area contributed by atoms with Gasteiger partial charge in [-0.05, 0) is 43.3 Å². The summed E-state index contributed by atoms with van der Waals surface area (Å²) in [5.74, 6) is 2.17. The molecule has 9 heteroatoms. The number of aromatic nitrogens is 2. The van der Waals surface area contributed by atoms with Crippen LogP contribution in [0.15, 0.2) is 58.2 Å². The Morgan fingerprint density at radius 1 is 1.17 bits per heavy atom. The SMILES string of the molecule is COc1ccc(NC(=O)[C@H](C)Sc2nnc([C@H]3COc4ccccc4O3)o2)cc1. The number of amides is 1. The lowest BCUT2D eigenvalue weighted by atomic mass is 10.2. The minimum atomic E-state index is -0.491. The average molecular weight is 413 g/mol. The van der Waals surface area contributed by atoms with Crippen LogP contribution in [0.3, 0.4) is 0 Å². The molecule has 8 nitrogen and oxygen atoms in total. The fraction of sp³-hybridized carbons (Fsp3) is 0.250. The molecule has 29 heavy (non-hydrogen) atoms. The fourth-order valence-electron chi connectivity index (χ4n) is 2.66. The second-order valence-electron chi connectivity index (χ2n) is 6.25. The molecule has 0 saturated heterocycles. The number of para-hydroxylation sites is 2. The number of anilines is 1. The summed E-state index contributed by atoms with van der Waals surface area (Å²) in [6.07, 6.45) is -0.491. The van der Waals surface area contributed by atoms with E-state index in [0.29, 0.717) is 28.3 Å². The molecular formula is C20H19N3O5S. The van der Waals surface area contributed by atoms with E-state index < -0.39 is 11.4 Å². The van der Waals surface area contributed by atoms with Gasteiger partial charge in [0.15, 0.2) is 11.5 Å². The van der Waals surface area contributed by atoms with Gasteiger partial charge in [-0.15, -0.1) is 10.2 Å². The molecule has 2 heterocycles. The van der Waals surface area contributed by atoms with Crippen molar-refractivity contribution >= 4 is 23.4 Å². The highest BCUT2D eigenvalue weighted by atomic mass is 32.2. The van der Waals surface area contributed by atoms with Crippen molar-refractivity contribution in [1.82, 2.24) is 10.2 Å². The minimum Gasteiger partial charge on any atom is -0.497 e. The van der Waals surface area contributed by atoms with Gasteiger partial charge in [0.05, 0.1) is 12.4 Å². The largest absolute Gasteiger partial charge is 0.497 e. The van der Waals surface area contributed by atoms with Gasteiger partial charge < -0.3 is 23.9 Å². The van der Waals surface area contributed by atoms with Crippen molar-refractivity contribution in [3.8, 4) is 17.2 Å². The standard InChI is InChI=1S/C20H19N3O5S/c1-12(18(24)21-13-7-9-14(25-2)10-8-13)29-20-23-22-19(28-20)17-11-26-15-5-3-4-6-16(15)27-17/h3-10,12,17H,11H2,1-2H3,(H,21,24)/t12-,17+/m0/s1. The second-order valence-corrected chi connectivity index (χ2v) is 7.54. The van der Waals surface area contributed by atoms with Crippen molar-refractivity contribution in [3.63, 3.8) is 0 Å². The number of thioether (sulfide) groups is 1. The molecule has 2 atom stereocenters. The monoisotopic (exact) mass is 413 g/mol. The van der Waals surface area contributed by atoms with E-state index in [1.165, 1.54) is 11.8 Å². The van der Waals surface area contributed by atoms with Gasteiger partial charge in [-0.3, -0.25) is 4.79 Å². The molecule has 1 aliphatic heterocycles. The third kappa shape index (κ3) is 4.45. The summed E-state index contributed by atoms with van der Waals surface area (Å²) in [7, 11) is 1.59. The topological polar surface area (TPSA) is 95.7 Å². The third-order valence-corrected chi connectivity index (χ3v) is 5.14. The van der Waals surface area contributed by atoms with Gasteiger partial charge in [0.2, 0.25) is 12.0 Å². The number of methoxy groups -OCH3 is 1. The third-order valence-electron chi connectivity index (χ3n) is 4.21. The summed E-state index contributed by atoms with van der Waals surface area (Å²) in [5.41, 5.74) is 0.681. The number of fused-ring (bicyclic) bond motifs is 1. The van der Waals surface area contributed by atoms with Crippen LogP contribution in [-0.2, 0) is 4.79 Å². The van der Waals surface area contributed by atoms with E-state index in [0.717, 1.165) is 5.75 Å². The van der Waals surface area contributed by atoms with Crippen molar-refractivity contribution < 1.29 is 23.4 Å². The highest BCUT2D eigenvalue weighted by Gasteiger charge is 2.28. The van der Waals surface area contributed by atoms with Crippen LogP contribution in [0.25, 0.3) is 0 Å². The maximum absolute atomic E-state index is 12.4. The van der Waals surface area contributed by atoms with Crippen molar-refractivity contribution in [3.05, 3.63) is 54.4 Å². The number of carbonyl (C=O) groups excluding carboxylic acids is 1. The summed E-state index contributed by atoms with van der Waals surface area (Å²) in [6.45, 7) is 2.04. The number of carbonyl (C=O) groups is 1. The van der Waals surface area contributed by atoms with E-state index in [4.69, 9.17) is 18.6 Å². The van der Waals surface area contributed by atoms with E-state index in [1.807, 2.05) is 24.3 Å². The fourth-order valence-corrected chi connectivity index (χ4v) is 3.35. The van der Waals surface area contributed by atoms with Gasteiger partial charge in [0.1, 0.15) is 12.4 Å². The van der Waals surface area contributed by atoms with Gasteiger partial charge in [0.25, 0.3) is 11.1 Å². The molecule has 0 unspecified atom stereocenters. The molecular weight excluding hydrogens is 394 g/mol. The van der Waals surface area contributed by atoms with Gasteiger partial charge in [-0.2, -0.15) is 0 Å². The molecule has 3 aromatic rings. The lowest BCUT2D eigenvalue weighted by molar-refractivity contribution is -0.115. The van der Waals surface area contributed by atoms with Crippen LogP contribution < -0.4 is 19.5 Å². The number of benzene rings is 2. The highest BCUT2D eigenvalue weighted by Crippen LogP contribution is 2.36. The van der Waals surface area contributed by atoms with Crippen LogP contribution in [0.5, 0.6) is 17.2 Å². The molecule has 4 rings (SSSR count). The first kappa shape index (κ1) is 19.1. The molecule has 1 N–H and O–H groups in total. The molecule has 0 spiro atoms. The second kappa shape index (κ2) is 8.44. The van der Waals surface area contributed by atoms with E-state index in [2.05, 4.69) is 15.5 Å². The molecule has 2 aromatic carbocycles. The van der Waals surface area contributed by atoms with Crippen molar-refractivity contribution in [2.24, 2.45) is 0 Å². The summed E-state index contributed by atoms with van der Waals surface area (Å²) in [4.78, 5) is 12.4. The quantitative estimate of drug-likeness (QED) is 0.611. The molecule has 1 aromatic heterocycles. The molecule has 0 aliphatic carbocycles. The van der Waals surface area contributed by atoms with E-state index >= 15 is 0 Å². The van der Waals surface area contributed by atoms with Crippen molar-refractivity contribution in [2.75, 3.05) is 19.0 Å². The van der Waals surface area contributed by atoms with Gasteiger partial charge in [-0.1, -0.05) is 23.9 Å². The van der Waals surface area contributed by atoms with Crippen LogP contribution in [0.4, 0.5) is 5.69 Å². The Balaban J connectivity index is 1.35. The maximum Gasteiger partial charge on any atom is 0.277 e. The van der Waals surface area contributed by atoms with Crippen LogP contribution in [0, 0.1) is 0 Å². The Labute approximate surface area is 171 Å². The lowest BCUT2D eigenvalue weighted by Gasteiger charge is -2.23. The van der Waals surface area contributed by atoms with E-state index in [9.17, 15) is 4.79 Å². The number of hydrogen-bond acceptors (Lipinski definition) is 8. The maximum atomic E-state index is 12.4. The first-order chi connectivity index (χ1) is 14.1. The molecule has 0 saturated carbocycles. The van der Waals surface area contributed by atoms with Gasteiger partial charge in [0, 0.05) is 5.69 Å². The zero-order chi connectivity index (χ0) is 20.2. The summed E-state index contributed by atoms with van der Waals surface area (Å²) < 4.78 is 22.3. The lowest BCUT2D eigenvalue weighted by Crippen LogP contribution is -2.22. The zero-order valence-corrected chi connectivity index (χ0v) is 16.6. The Bertz CT molecular complexity index is 992. The molecule has 0 bridgehead atoms. The van der Waals surface area contributed by atoms with Crippen LogP contribution in [0.2, 0.25) is 0 Å². The van der Waals surface area contributed by atoms with Crippen LogP contribution >= 0.6 is 11.8 Å². The summed E-state index contributed by atoms with van der Waals surface area (Å²) in [6, 6.07) is 14.5. The number of nitrogens with one attached hydrogen (secondary N) is 1. The minimum absolute atomic E-state index is 0.175. The Hall–Kier alpha value is -3.20.